The average molecular weight is 307 g/mol. The minimum atomic E-state index is -0.186. The number of rotatable bonds is 3. The third-order valence-corrected chi connectivity index (χ3v) is 5.31. The predicted octanol–water partition coefficient (Wildman–Crippen LogP) is 4.02. The number of nitrogens with one attached hydrogen (secondary N) is 1. The first kappa shape index (κ1) is 14.7. The molecule has 0 atom stereocenters. The van der Waals surface area contributed by atoms with Crippen LogP contribution in [0, 0.1) is 17.5 Å². The third kappa shape index (κ3) is 2.42. The van der Waals surface area contributed by atoms with Crippen LogP contribution in [-0.2, 0) is 6.54 Å². The monoisotopic (exact) mass is 307 g/mol. The van der Waals surface area contributed by atoms with E-state index in [2.05, 4.69) is 28.5 Å². The molecule has 21 heavy (non-hydrogen) atoms. The second-order valence-corrected chi connectivity index (χ2v) is 6.85. The molecule has 0 saturated heterocycles. The van der Waals surface area contributed by atoms with E-state index in [0.717, 1.165) is 17.6 Å². The van der Waals surface area contributed by atoms with Crippen molar-refractivity contribution in [1.29, 1.82) is 0 Å². The van der Waals surface area contributed by atoms with Crippen molar-refractivity contribution in [2.24, 2.45) is 0 Å². The number of hydrogen-bond acceptors (Lipinski definition) is 2. The quantitative estimate of drug-likeness (QED) is 0.866. The zero-order chi connectivity index (χ0) is 15.2. The highest BCUT2D eigenvalue weighted by Gasteiger charge is 2.36. The lowest BCUT2D eigenvalue weighted by Gasteiger charge is -2.36. The molecule has 1 N–H and O–H groups in total. The Kier molecular flexibility index (Phi) is 3.66. The van der Waals surface area contributed by atoms with Gasteiger partial charge in [-0.15, -0.1) is 0 Å². The minimum Gasteiger partial charge on any atom is -0.330 e. The van der Waals surface area contributed by atoms with E-state index >= 15 is 0 Å². The Labute approximate surface area is 129 Å². The summed E-state index contributed by atoms with van der Waals surface area (Å²) in [5, 5.41) is 0. The maximum atomic E-state index is 13.7. The van der Waals surface area contributed by atoms with Gasteiger partial charge in [0, 0.05) is 12.1 Å². The van der Waals surface area contributed by atoms with Crippen LogP contribution in [0.4, 0.5) is 4.39 Å². The number of aromatic nitrogens is 2. The van der Waals surface area contributed by atoms with Gasteiger partial charge in [0.2, 0.25) is 0 Å². The summed E-state index contributed by atoms with van der Waals surface area (Å²) < 4.78 is 16.6. The van der Waals surface area contributed by atoms with E-state index in [1.807, 2.05) is 6.07 Å². The molecule has 1 aliphatic rings. The van der Waals surface area contributed by atoms with Gasteiger partial charge < -0.3 is 14.5 Å². The number of hydrogen-bond donors (Lipinski definition) is 1. The number of halogens is 1. The number of nitrogens with zero attached hydrogens (tertiary/aromatic N) is 2. The molecule has 1 saturated carbocycles. The topological polar surface area (TPSA) is 24.0 Å². The highest BCUT2D eigenvalue weighted by atomic mass is 32.1. The number of H-pyrrole nitrogens is 1. The standard InChI is InChI=1S/C16H22FN3S/c1-11-8-14-13(9-12(11)17)18-15(21)20(14)10-16(19(2)3)6-4-5-7-16/h8-9H,4-7,10H2,1-3H3,(H,18,21). The van der Waals surface area contributed by atoms with Crippen LogP contribution in [0.25, 0.3) is 11.0 Å². The molecule has 2 aromatic rings. The Hall–Kier alpha value is -1.20. The zero-order valence-corrected chi connectivity index (χ0v) is 13.7. The van der Waals surface area contributed by atoms with Crippen LogP contribution in [-0.4, -0.2) is 34.1 Å². The molecule has 1 heterocycles. The molecular weight excluding hydrogens is 285 g/mol. The molecule has 5 heteroatoms. The Morgan fingerprint density at radius 1 is 1.33 bits per heavy atom. The first-order chi connectivity index (χ1) is 9.93. The van der Waals surface area contributed by atoms with E-state index < -0.39 is 0 Å². The van der Waals surface area contributed by atoms with Crippen molar-refractivity contribution in [1.82, 2.24) is 14.5 Å². The van der Waals surface area contributed by atoms with Crippen LogP contribution in [0.15, 0.2) is 12.1 Å². The number of benzene rings is 1. The van der Waals surface area contributed by atoms with Gasteiger partial charge >= 0.3 is 0 Å². The molecule has 1 aromatic carbocycles. The van der Waals surface area contributed by atoms with Crippen LogP contribution in [0.2, 0.25) is 0 Å². The maximum Gasteiger partial charge on any atom is 0.178 e. The van der Waals surface area contributed by atoms with Gasteiger partial charge in [-0.25, -0.2) is 4.39 Å². The summed E-state index contributed by atoms with van der Waals surface area (Å²) >= 11 is 5.48. The van der Waals surface area contributed by atoms with E-state index in [-0.39, 0.29) is 11.4 Å². The fraction of sp³-hybridized carbons (Fsp3) is 0.562. The summed E-state index contributed by atoms with van der Waals surface area (Å²) in [4.78, 5) is 5.47. The van der Waals surface area contributed by atoms with Gasteiger partial charge in [-0.05, 0) is 63.8 Å². The molecule has 1 fully saturated rings. The van der Waals surface area contributed by atoms with Crippen LogP contribution in [0.1, 0.15) is 31.2 Å². The summed E-state index contributed by atoms with van der Waals surface area (Å²) in [7, 11) is 4.30. The SMILES string of the molecule is Cc1cc2c(cc1F)[nH]c(=S)n2CC1(N(C)C)CCCC1. The number of imidazole rings is 1. The lowest BCUT2D eigenvalue weighted by atomic mass is 9.96. The van der Waals surface area contributed by atoms with Crippen molar-refractivity contribution in [2.75, 3.05) is 14.1 Å². The Morgan fingerprint density at radius 3 is 2.62 bits per heavy atom. The van der Waals surface area contributed by atoms with Crippen molar-refractivity contribution in [3.63, 3.8) is 0 Å². The van der Waals surface area contributed by atoms with Crippen LogP contribution in [0.3, 0.4) is 0 Å². The molecule has 0 bridgehead atoms. The molecule has 0 unspecified atom stereocenters. The number of likely N-dealkylation sites (N-methyl/N-ethyl adjacent to an activating group) is 1. The number of fused-ring (bicyclic) bond motifs is 1. The van der Waals surface area contributed by atoms with Crippen molar-refractivity contribution < 1.29 is 4.39 Å². The summed E-state index contributed by atoms with van der Waals surface area (Å²) in [5.41, 5.74) is 2.62. The normalized spacial score (nSPS) is 18.0. The second-order valence-electron chi connectivity index (χ2n) is 6.46. The fourth-order valence-electron chi connectivity index (χ4n) is 3.51. The molecule has 114 valence electrons. The highest BCUT2D eigenvalue weighted by molar-refractivity contribution is 7.71. The molecule has 3 nitrogen and oxygen atoms in total. The van der Waals surface area contributed by atoms with Crippen LogP contribution < -0.4 is 0 Å². The lowest BCUT2D eigenvalue weighted by Crippen LogP contribution is -2.45. The summed E-state index contributed by atoms with van der Waals surface area (Å²) in [6, 6.07) is 3.45. The van der Waals surface area contributed by atoms with Gasteiger partial charge in [0.25, 0.3) is 0 Å². The lowest BCUT2D eigenvalue weighted by molar-refractivity contribution is 0.135. The average Bonchev–Trinajstić information content (AvgIpc) is 2.99. The van der Waals surface area contributed by atoms with Gasteiger partial charge in [-0.2, -0.15) is 0 Å². The second kappa shape index (κ2) is 5.21. The van der Waals surface area contributed by atoms with Crippen molar-refractivity contribution in [2.45, 2.75) is 44.7 Å². The molecule has 1 aliphatic carbocycles. The molecule has 0 spiro atoms. The molecule has 0 amide bonds. The van der Waals surface area contributed by atoms with Gasteiger partial charge in [0.05, 0.1) is 11.0 Å². The van der Waals surface area contributed by atoms with E-state index in [0.29, 0.717) is 10.3 Å². The molecule has 0 radical (unpaired) electrons. The molecule has 0 aliphatic heterocycles. The minimum absolute atomic E-state index is 0.162. The van der Waals surface area contributed by atoms with Crippen molar-refractivity contribution in [3.8, 4) is 0 Å². The molecule has 3 rings (SSSR count). The van der Waals surface area contributed by atoms with Crippen molar-refractivity contribution in [3.05, 3.63) is 28.3 Å². The Balaban J connectivity index is 2.10. The zero-order valence-electron chi connectivity index (χ0n) is 12.9. The third-order valence-electron chi connectivity index (χ3n) is 4.99. The first-order valence-corrected chi connectivity index (χ1v) is 7.90. The smallest absolute Gasteiger partial charge is 0.178 e. The van der Waals surface area contributed by atoms with E-state index in [9.17, 15) is 4.39 Å². The summed E-state index contributed by atoms with van der Waals surface area (Å²) in [6.07, 6.45) is 4.91. The Morgan fingerprint density at radius 2 is 2.00 bits per heavy atom. The summed E-state index contributed by atoms with van der Waals surface area (Å²) in [5.74, 6) is -0.186. The highest BCUT2D eigenvalue weighted by Crippen LogP contribution is 2.36. The van der Waals surface area contributed by atoms with Crippen LogP contribution >= 0.6 is 12.2 Å². The Bertz CT molecular complexity index is 723. The fourth-order valence-corrected chi connectivity index (χ4v) is 3.79. The van der Waals surface area contributed by atoms with Crippen molar-refractivity contribution >= 4 is 23.3 Å². The van der Waals surface area contributed by atoms with E-state index in [1.54, 1.807) is 13.0 Å². The number of aryl methyl sites for hydroxylation is 1. The molecule has 1 aromatic heterocycles. The maximum absolute atomic E-state index is 13.7. The van der Waals surface area contributed by atoms with E-state index in [1.165, 1.54) is 25.7 Å². The summed E-state index contributed by atoms with van der Waals surface area (Å²) in [6.45, 7) is 2.66. The first-order valence-electron chi connectivity index (χ1n) is 7.49. The van der Waals surface area contributed by atoms with Crippen LogP contribution in [0.5, 0.6) is 0 Å². The largest absolute Gasteiger partial charge is 0.330 e. The number of aromatic amines is 1. The van der Waals surface area contributed by atoms with Gasteiger partial charge in [-0.1, -0.05) is 12.8 Å². The van der Waals surface area contributed by atoms with Gasteiger partial charge in [0.15, 0.2) is 4.77 Å². The van der Waals surface area contributed by atoms with E-state index in [4.69, 9.17) is 12.2 Å². The van der Waals surface area contributed by atoms with Gasteiger partial charge in [-0.3, -0.25) is 0 Å². The molecular formula is C16H22FN3S. The van der Waals surface area contributed by atoms with Gasteiger partial charge in [0.1, 0.15) is 5.82 Å². The predicted molar refractivity (Wildman–Crippen MR) is 86.7 cm³/mol.